The largest absolute Gasteiger partial charge is 0.478 e. The number of carboxylic acids is 2. The van der Waals surface area contributed by atoms with E-state index in [0.717, 1.165) is 38.6 Å². The highest BCUT2D eigenvalue weighted by molar-refractivity contribution is 5.93. The maximum Gasteiger partial charge on any atom is 0.335 e. The molecule has 0 unspecified atom stereocenters. The molecule has 0 aliphatic heterocycles. The molecule has 0 saturated heterocycles. The molecule has 6 rings (SSSR count). The highest BCUT2D eigenvalue weighted by atomic mass is 16.4. The average molecular weight is 511 g/mol. The van der Waals surface area contributed by atoms with Crippen molar-refractivity contribution >= 4 is 33.5 Å². The highest BCUT2D eigenvalue weighted by Crippen LogP contribution is 2.28. The molecule has 2 N–H and O–H groups in total. The molecule has 4 nitrogen and oxygen atoms in total. The number of aryl methyl sites for hydroxylation is 1. The SMILES string of the molecule is Cc1ccc(C(=O)O)cc1-c1ccc2ccccc2c1.O=C(O)c1cccc(-c2ccc3ccccc3c2)c1. The summed E-state index contributed by atoms with van der Waals surface area (Å²) in [5.41, 5.74) is 5.67. The van der Waals surface area contributed by atoms with E-state index in [-0.39, 0.29) is 0 Å². The lowest BCUT2D eigenvalue weighted by Gasteiger charge is -2.09. The minimum absolute atomic E-state index is 0.311. The molecule has 0 saturated carbocycles. The molecule has 190 valence electrons. The van der Waals surface area contributed by atoms with E-state index < -0.39 is 11.9 Å². The van der Waals surface area contributed by atoms with Crippen LogP contribution in [0.4, 0.5) is 0 Å². The van der Waals surface area contributed by atoms with Crippen molar-refractivity contribution in [3.63, 3.8) is 0 Å². The van der Waals surface area contributed by atoms with Crippen molar-refractivity contribution in [2.24, 2.45) is 0 Å². The fraction of sp³-hybridized carbons (Fsp3) is 0.0286. The van der Waals surface area contributed by atoms with Gasteiger partial charge in [0.1, 0.15) is 0 Å². The monoisotopic (exact) mass is 510 g/mol. The first-order valence-corrected chi connectivity index (χ1v) is 12.5. The van der Waals surface area contributed by atoms with Crippen molar-refractivity contribution in [1.29, 1.82) is 0 Å². The molecule has 39 heavy (non-hydrogen) atoms. The van der Waals surface area contributed by atoms with Gasteiger partial charge in [0.05, 0.1) is 11.1 Å². The van der Waals surface area contributed by atoms with Gasteiger partial charge in [-0.2, -0.15) is 0 Å². The smallest absolute Gasteiger partial charge is 0.335 e. The number of fused-ring (bicyclic) bond motifs is 2. The Balaban J connectivity index is 0.000000158. The van der Waals surface area contributed by atoms with Crippen molar-refractivity contribution in [3.8, 4) is 22.3 Å². The lowest BCUT2D eigenvalue weighted by molar-refractivity contribution is 0.0686. The number of hydrogen-bond donors (Lipinski definition) is 2. The van der Waals surface area contributed by atoms with Crippen molar-refractivity contribution in [3.05, 3.63) is 144 Å². The van der Waals surface area contributed by atoms with E-state index in [2.05, 4.69) is 48.5 Å². The average Bonchev–Trinajstić information content (AvgIpc) is 2.97. The third-order valence-corrected chi connectivity index (χ3v) is 6.74. The summed E-state index contributed by atoms with van der Waals surface area (Å²) >= 11 is 0. The van der Waals surface area contributed by atoms with Gasteiger partial charge in [0, 0.05) is 0 Å². The Bertz CT molecular complexity index is 1830. The fourth-order valence-electron chi connectivity index (χ4n) is 4.62. The number of carboxylic acid groups (broad SMARTS) is 2. The number of benzene rings is 6. The number of aromatic carboxylic acids is 2. The topological polar surface area (TPSA) is 74.6 Å². The van der Waals surface area contributed by atoms with Crippen LogP contribution in [0.5, 0.6) is 0 Å². The summed E-state index contributed by atoms with van der Waals surface area (Å²) in [7, 11) is 0. The van der Waals surface area contributed by atoms with Crippen LogP contribution in [-0.2, 0) is 0 Å². The summed E-state index contributed by atoms with van der Waals surface area (Å²) in [6.07, 6.45) is 0. The zero-order valence-electron chi connectivity index (χ0n) is 21.3. The van der Waals surface area contributed by atoms with Gasteiger partial charge >= 0.3 is 11.9 Å². The van der Waals surface area contributed by atoms with Crippen molar-refractivity contribution in [2.45, 2.75) is 6.92 Å². The maximum absolute atomic E-state index is 11.1. The number of rotatable bonds is 4. The van der Waals surface area contributed by atoms with Gasteiger partial charge in [-0.15, -0.1) is 0 Å². The van der Waals surface area contributed by atoms with Gasteiger partial charge in [-0.05, 0) is 92.7 Å². The third kappa shape index (κ3) is 5.71. The zero-order chi connectivity index (χ0) is 27.4. The van der Waals surface area contributed by atoms with E-state index in [0.29, 0.717) is 11.1 Å². The standard InChI is InChI=1S/C18H14O2.C17H12O2/c1-12-6-7-16(18(19)20)11-17(12)15-9-8-13-4-2-3-5-14(13)10-15;18-17(19)16-7-3-6-14(11-16)15-9-8-12-4-1-2-5-13(12)10-15/h2-11H,1H3,(H,19,20);1-11H,(H,18,19). The molecule has 0 aromatic heterocycles. The molecular formula is C35H26O4. The Morgan fingerprint density at radius 3 is 1.59 bits per heavy atom. The van der Waals surface area contributed by atoms with E-state index in [9.17, 15) is 9.59 Å². The maximum atomic E-state index is 11.1. The summed E-state index contributed by atoms with van der Waals surface area (Å²) in [4.78, 5) is 22.1. The molecular weight excluding hydrogens is 484 g/mol. The summed E-state index contributed by atoms with van der Waals surface area (Å²) in [6.45, 7) is 2.00. The quantitative estimate of drug-likeness (QED) is 0.249. The van der Waals surface area contributed by atoms with E-state index in [4.69, 9.17) is 10.2 Å². The Kier molecular flexibility index (Phi) is 7.19. The Labute approximate surface area is 226 Å². The van der Waals surface area contributed by atoms with Gasteiger partial charge in [0.25, 0.3) is 0 Å². The van der Waals surface area contributed by atoms with E-state index >= 15 is 0 Å². The van der Waals surface area contributed by atoms with E-state index in [1.165, 1.54) is 10.8 Å². The van der Waals surface area contributed by atoms with Gasteiger partial charge in [0.15, 0.2) is 0 Å². The molecule has 0 bridgehead atoms. The van der Waals surface area contributed by atoms with Crippen LogP contribution in [0.2, 0.25) is 0 Å². The van der Waals surface area contributed by atoms with Gasteiger partial charge in [0.2, 0.25) is 0 Å². The summed E-state index contributed by atoms with van der Waals surface area (Å²) in [6, 6.07) is 40.9. The first-order chi connectivity index (χ1) is 18.9. The first kappa shape index (κ1) is 25.4. The van der Waals surface area contributed by atoms with Crippen molar-refractivity contribution < 1.29 is 19.8 Å². The minimum atomic E-state index is -0.900. The lowest BCUT2D eigenvalue weighted by Crippen LogP contribution is -1.97. The van der Waals surface area contributed by atoms with Crippen molar-refractivity contribution in [2.75, 3.05) is 0 Å². The molecule has 4 heteroatoms. The van der Waals surface area contributed by atoms with Gasteiger partial charge in [-0.25, -0.2) is 9.59 Å². The van der Waals surface area contributed by atoms with Crippen LogP contribution in [0.1, 0.15) is 26.3 Å². The van der Waals surface area contributed by atoms with Crippen LogP contribution in [0.15, 0.2) is 127 Å². The number of hydrogen-bond acceptors (Lipinski definition) is 2. The van der Waals surface area contributed by atoms with Crippen molar-refractivity contribution in [1.82, 2.24) is 0 Å². The molecule has 0 spiro atoms. The molecule has 0 aliphatic rings. The number of carbonyl (C=O) groups is 2. The third-order valence-electron chi connectivity index (χ3n) is 6.74. The second-order valence-electron chi connectivity index (χ2n) is 9.34. The summed E-state index contributed by atoms with van der Waals surface area (Å²) < 4.78 is 0. The fourth-order valence-corrected chi connectivity index (χ4v) is 4.62. The van der Waals surface area contributed by atoms with Crippen LogP contribution < -0.4 is 0 Å². The van der Waals surface area contributed by atoms with Gasteiger partial charge in [-0.3, -0.25) is 0 Å². The van der Waals surface area contributed by atoms with Crippen LogP contribution >= 0.6 is 0 Å². The molecule has 0 atom stereocenters. The zero-order valence-corrected chi connectivity index (χ0v) is 21.3. The minimum Gasteiger partial charge on any atom is -0.478 e. The van der Waals surface area contributed by atoms with E-state index in [1.807, 2.05) is 55.5 Å². The summed E-state index contributed by atoms with van der Waals surface area (Å²) in [5.74, 6) is -1.80. The first-order valence-electron chi connectivity index (χ1n) is 12.5. The molecule has 6 aromatic rings. The molecule has 0 amide bonds. The Morgan fingerprint density at radius 1 is 0.462 bits per heavy atom. The Hall–Kier alpha value is -5.22. The van der Waals surface area contributed by atoms with Crippen LogP contribution in [0, 0.1) is 6.92 Å². The van der Waals surface area contributed by atoms with Crippen LogP contribution in [0.3, 0.4) is 0 Å². The molecule has 0 radical (unpaired) electrons. The predicted octanol–water partition coefficient (Wildman–Crippen LogP) is 8.72. The van der Waals surface area contributed by atoms with Crippen LogP contribution in [0.25, 0.3) is 43.8 Å². The van der Waals surface area contributed by atoms with Crippen LogP contribution in [-0.4, -0.2) is 22.2 Å². The second kappa shape index (κ2) is 11.0. The molecule has 0 heterocycles. The molecule has 6 aromatic carbocycles. The lowest BCUT2D eigenvalue weighted by atomic mass is 9.96. The molecule has 0 aliphatic carbocycles. The predicted molar refractivity (Wildman–Crippen MR) is 157 cm³/mol. The molecule has 0 fully saturated rings. The van der Waals surface area contributed by atoms with E-state index in [1.54, 1.807) is 30.3 Å². The van der Waals surface area contributed by atoms with Gasteiger partial charge < -0.3 is 10.2 Å². The van der Waals surface area contributed by atoms with Gasteiger partial charge in [-0.1, -0.05) is 91.0 Å². The summed E-state index contributed by atoms with van der Waals surface area (Å²) in [5, 5.41) is 22.8. The second-order valence-corrected chi connectivity index (χ2v) is 9.34. The highest BCUT2D eigenvalue weighted by Gasteiger charge is 2.09. The normalized spacial score (nSPS) is 10.6. The Morgan fingerprint density at radius 2 is 0.974 bits per heavy atom.